The first-order valence-electron chi connectivity index (χ1n) is 13.3. The van der Waals surface area contributed by atoms with Crippen LogP contribution in [-0.2, 0) is 41.1 Å². The van der Waals surface area contributed by atoms with Crippen LogP contribution in [0.2, 0.25) is 0 Å². The van der Waals surface area contributed by atoms with Crippen molar-refractivity contribution >= 4 is 15.6 Å². The molecule has 1 fully saturated rings. The van der Waals surface area contributed by atoms with Gasteiger partial charge in [-0.05, 0) is 67.7 Å². The number of halogens is 2. The van der Waals surface area contributed by atoms with Crippen molar-refractivity contribution < 1.29 is 17.7 Å². The molecule has 0 spiro atoms. The molecule has 2 aliphatic rings. The van der Waals surface area contributed by atoms with Gasteiger partial charge in [0.2, 0.25) is 0 Å². The number of fused-ring (bicyclic) bond motifs is 1. The van der Waals surface area contributed by atoms with Gasteiger partial charge in [0, 0.05) is 36.7 Å². The predicted octanol–water partition coefficient (Wildman–Crippen LogP) is 5.97. The minimum Gasteiger partial charge on any atom is -0.363 e. The van der Waals surface area contributed by atoms with Crippen LogP contribution in [-0.4, -0.2) is 27.6 Å². The predicted molar refractivity (Wildman–Crippen MR) is 146 cm³/mol. The molecule has 1 aromatic heterocycles. The number of rotatable bonds is 10. The molecule has 2 aromatic carbocycles. The van der Waals surface area contributed by atoms with Crippen LogP contribution < -0.4 is 10.0 Å². The highest BCUT2D eigenvalue weighted by atomic mass is 32.2. The van der Waals surface area contributed by atoms with E-state index in [0.717, 1.165) is 66.8 Å². The summed E-state index contributed by atoms with van der Waals surface area (Å²) in [7, 11) is -0.841. The van der Waals surface area contributed by atoms with Gasteiger partial charge in [-0.2, -0.15) is 0 Å². The number of ether oxygens (including phenoxy) is 1. The summed E-state index contributed by atoms with van der Waals surface area (Å²) in [5.41, 5.74) is 3.76. The summed E-state index contributed by atoms with van der Waals surface area (Å²) >= 11 is 0. The molecule has 3 aromatic rings. The smallest absolute Gasteiger partial charge is 0.160 e. The third kappa shape index (κ3) is 6.27. The minimum atomic E-state index is -2.78. The number of aryl methyl sites for hydroxylation is 2. The minimum absolute atomic E-state index is 0.0928. The van der Waals surface area contributed by atoms with E-state index in [0.29, 0.717) is 18.2 Å². The van der Waals surface area contributed by atoms with E-state index in [1.807, 2.05) is 23.9 Å². The lowest BCUT2D eigenvalue weighted by molar-refractivity contribution is 0.133. The van der Waals surface area contributed by atoms with Gasteiger partial charge in [0.05, 0.1) is 17.5 Å². The summed E-state index contributed by atoms with van der Waals surface area (Å²) in [6, 6.07) is 14.4. The molecule has 38 heavy (non-hydrogen) atoms. The van der Waals surface area contributed by atoms with Crippen molar-refractivity contribution in [1.29, 1.82) is 0 Å². The van der Waals surface area contributed by atoms with Crippen LogP contribution in [0.3, 0.4) is 0 Å². The first-order chi connectivity index (χ1) is 18.3. The molecule has 0 saturated heterocycles. The topological polar surface area (TPSA) is 67.6 Å². The van der Waals surface area contributed by atoms with Crippen LogP contribution >= 0.6 is 0 Å². The van der Waals surface area contributed by atoms with Crippen LogP contribution in [0.4, 0.5) is 14.5 Å². The van der Waals surface area contributed by atoms with Gasteiger partial charge in [-0.15, -0.1) is 0 Å². The molecule has 0 bridgehead atoms. The van der Waals surface area contributed by atoms with E-state index in [4.69, 9.17) is 9.10 Å². The zero-order chi connectivity index (χ0) is 26.7. The average Bonchev–Trinajstić information content (AvgIpc) is 3.68. The summed E-state index contributed by atoms with van der Waals surface area (Å²) < 4.78 is 57.3. The van der Waals surface area contributed by atoms with Crippen LogP contribution in [0, 0.1) is 17.6 Å². The summed E-state index contributed by atoms with van der Waals surface area (Å²) in [5, 5.41) is 2.96. The van der Waals surface area contributed by atoms with Gasteiger partial charge in [0.25, 0.3) is 0 Å². The van der Waals surface area contributed by atoms with Crippen molar-refractivity contribution in [3.8, 4) is 0 Å². The Kier molecular flexibility index (Phi) is 8.16. The molecule has 204 valence electrons. The van der Waals surface area contributed by atoms with Crippen LogP contribution in [0.25, 0.3) is 0 Å². The monoisotopic (exact) mass is 542 g/mol. The Bertz CT molecular complexity index is 1380. The lowest BCUT2D eigenvalue weighted by Gasteiger charge is -2.25. The van der Waals surface area contributed by atoms with E-state index in [-0.39, 0.29) is 18.8 Å². The average molecular weight is 543 g/mol. The summed E-state index contributed by atoms with van der Waals surface area (Å²) in [5.74, 6) is -1.45. The molecule has 2 heterocycles. The van der Waals surface area contributed by atoms with Crippen molar-refractivity contribution in [2.45, 2.75) is 69.0 Å². The SMILES string of the molecule is CC(CCc1ccccc1)[C@H]1CCc2c(cn(C)c2COCNc2ccc(F)c(F)c2)S(=O)(=NC2CC2)N1. The highest BCUT2D eigenvalue weighted by Crippen LogP contribution is 2.34. The second kappa shape index (κ2) is 11.6. The summed E-state index contributed by atoms with van der Waals surface area (Å²) in [4.78, 5) is 0.775. The molecule has 9 heteroatoms. The van der Waals surface area contributed by atoms with Gasteiger partial charge in [0.15, 0.2) is 11.6 Å². The molecule has 2 unspecified atom stereocenters. The van der Waals surface area contributed by atoms with Gasteiger partial charge in [-0.1, -0.05) is 37.3 Å². The number of hydrogen-bond donors (Lipinski definition) is 2. The van der Waals surface area contributed by atoms with Crippen molar-refractivity contribution in [2.24, 2.45) is 17.3 Å². The quantitative estimate of drug-likeness (QED) is 0.245. The standard InChI is InChI=1S/C29H36F2N4O2S/c1-20(8-9-21-6-4-3-5-7-21)27-15-13-24-28(18-37-19-32-23-12-14-25(30)26(31)16-23)35(2)17-29(24)38(36,34-27)33-22-10-11-22/h3-7,12,14,16-17,20,22,27,32H,8-11,13,15,18-19H2,1-2H3,(H,33,34,36)/t20?,27-,38?/m1/s1. The third-order valence-electron chi connectivity index (χ3n) is 7.50. The molecular weight excluding hydrogens is 506 g/mol. The maximum Gasteiger partial charge on any atom is 0.160 e. The number of nitrogens with zero attached hydrogens (tertiary/aromatic N) is 2. The van der Waals surface area contributed by atoms with E-state index in [1.165, 1.54) is 11.6 Å². The number of aromatic nitrogens is 1. The largest absolute Gasteiger partial charge is 0.363 e. The highest BCUT2D eigenvalue weighted by molar-refractivity contribution is 7.91. The maximum absolute atomic E-state index is 14.4. The number of hydrogen-bond acceptors (Lipinski definition) is 4. The Morgan fingerprint density at radius 3 is 2.68 bits per heavy atom. The summed E-state index contributed by atoms with van der Waals surface area (Å²) in [6.45, 7) is 2.67. The first-order valence-corrected chi connectivity index (χ1v) is 14.8. The first kappa shape index (κ1) is 26.8. The Labute approximate surface area is 224 Å². The second-order valence-corrected chi connectivity index (χ2v) is 12.4. The van der Waals surface area contributed by atoms with Gasteiger partial charge in [0.1, 0.15) is 16.6 Å². The van der Waals surface area contributed by atoms with Crippen LogP contribution in [0.15, 0.2) is 64.0 Å². The number of nitrogens with one attached hydrogen (secondary N) is 2. The molecular formula is C29H36F2N4O2S. The van der Waals surface area contributed by atoms with Gasteiger partial charge in [-0.25, -0.2) is 22.1 Å². The molecule has 2 N–H and O–H groups in total. The fourth-order valence-electron chi connectivity index (χ4n) is 5.02. The number of anilines is 1. The van der Waals surface area contributed by atoms with Crippen molar-refractivity contribution in [1.82, 2.24) is 9.29 Å². The molecule has 1 saturated carbocycles. The molecule has 1 aliphatic heterocycles. The lowest BCUT2D eigenvalue weighted by atomic mass is 9.91. The third-order valence-corrected chi connectivity index (χ3v) is 9.66. The molecule has 5 rings (SSSR count). The zero-order valence-electron chi connectivity index (χ0n) is 22.0. The Hall–Kier alpha value is -2.75. The second-order valence-electron chi connectivity index (χ2n) is 10.5. The normalized spacial score (nSPS) is 21.9. The fraction of sp³-hybridized carbons (Fsp3) is 0.448. The molecule has 0 radical (unpaired) electrons. The van der Waals surface area contributed by atoms with Gasteiger partial charge in [-0.3, -0.25) is 0 Å². The van der Waals surface area contributed by atoms with Crippen molar-refractivity contribution in [2.75, 3.05) is 12.0 Å². The zero-order valence-corrected chi connectivity index (χ0v) is 22.8. The fourth-order valence-corrected chi connectivity index (χ4v) is 7.56. The van der Waals surface area contributed by atoms with E-state index in [1.54, 1.807) is 0 Å². The van der Waals surface area contributed by atoms with Crippen LogP contribution in [0.5, 0.6) is 0 Å². The van der Waals surface area contributed by atoms with E-state index in [9.17, 15) is 13.0 Å². The Morgan fingerprint density at radius 2 is 1.95 bits per heavy atom. The van der Waals surface area contributed by atoms with Crippen molar-refractivity contribution in [3.63, 3.8) is 0 Å². The molecule has 3 atom stereocenters. The highest BCUT2D eigenvalue weighted by Gasteiger charge is 2.34. The van der Waals surface area contributed by atoms with E-state index in [2.05, 4.69) is 41.2 Å². The Morgan fingerprint density at radius 1 is 1.16 bits per heavy atom. The molecule has 1 aliphatic carbocycles. The van der Waals surface area contributed by atoms with Gasteiger partial charge < -0.3 is 14.6 Å². The lowest BCUT2D eigenvalue weighted by Crippen LogP contribution is -2.38. The van der Waals surface area contributed by atoms with E-state index < -0.39 is 21.5 Å². The van der Waals surface area contributed by atoms with Crippen LogP contribution in [0.1, 0.15) is 49.4 Å². The Balaban J connectivity index is 1.30. The summed E-state index contributed by atoms with van der Waals surface area (Å²) in [6.07, 6.45) is 7.56. The maximum atomic E-state index is 14.4. The van der Waals surface area contributed by atoms with Crippen molar-refractivity contribution in [3.05, 3.63) is 83.2 Å². The van der Waals surface area contributed by atoms with E-state index >= 15 is 0 Å². The van der Waals surface area contributed by atoms with Gasteiger partial charge >= 0.3 is 0 Å². The molecule has 6 nitrogen and oxygen atoms in total. The number of benzene rings is 2. The molecule has 0 amide bonds.